The van der Waals surface area contributed by atoms with Crippen molar-refractivity contribution < 1.29 is 9.90 Å². The molecule has 6 nitrogen and oxygen atoms in total. The lowest BCUT2D eigenvalue weighted by Gasteiger charge is -2.06. The average molecular weight is 236 g/mol. The molecule has 0 saturated heterocycles. The van der Waals surface area contributed by atoms with E-state index in [1.165, 1.54) is 12.3 Å². The summed E-state index contributed by atoms with van der Waals surface area (Å²) in [7, 11) is 0. The van der Waals surface area contributed by atoms with Gasteiger partial charge in [-0.25, -0.2) is 9.78 Å². The van der Waals surface area contributed by atoms with Gasteiger partial charge in [0.25, 0.3) is 0 Å². The molecule has 0 saturated carbocycles. The van der Waals surface area contributed by atoms with Gasteiger partial charge in [-0.2, -0.15) is 0 Å². The Bertz CT molecular complexity index is 418. The van der Waals surface area contributed by atoms with E-state index in [1.54, 1.807) is 6.07 Å². The highest BCUT2D eigenvalue weighted by molar-refractivity contribution is 5.95. The van der Waals surface area contributed by atoms with Crippen LogP contribution in [-0.2, 0) is 0 Å². The van der Waals surface area contributed by atoms with Crippen LogP contribution < -0.4 is 10.6 Å². The maximum atomic E-state index is 10.7. The van der Waals surface area contributed by atoms with Gasteiger partial charge in [0, 0.05) is 18.4 Å². The number of aromatic carboxylic acids is 1. The molecule has 2 rings (SSSR count). The Balaban J connectivity index is 0.000000686. The maximum Gasteiger partial charge on any atom is 0.354 e. The van der Waals surface area contributed by atoms with Crippen molar-refractivity contribution in [1.29, 1.82) is 0 Å². The van der Waals surface area contributed by atoms with Gasteiger partial charge in [0.1, 0.15) is 5.69 Å². The molecule has 0 aromatic carbocycles. The number of anilines is 1. The Labute approximate surface area is 99.8 Å². The molecule has 0 bridgehead atoms. The van der Waals surface area contributed by atoms with Crippen LogP contribution >= 0.6 is 0 Å². The maximum absolute atomic E-state index is 10.7. The molecule has 0 unspecified atom stereocenters. The fraction of sp³-hybridized carbons (Fsp3) is 0.364. The van der Waals surface area contributed by atoms with Crippen molar-refractivity contribution in [2.24, 2.45) is 4.99 Å². The Hall–Kier alpha value is -2.11. The van der Waals surface area contributed by atoms with Crippen molar-refractivity contribution in [2.75, 3.05) is 18.4 Å². The summed E-state index contributed by atoms with van der Waals surface area (Å²) in [6, 6.07) is 3.15. The number of hydrogen-bond acceptors (Lipinski definition) is 5. The molecule has 1 aromatic rings. The third kappa shape index (κ3) is 3.75. The molecule has 0 amide bonds. The molecule has 92 valence electrons. The van der Waals surface area contributed by atoms with Crippen molar-refractivity contribution in [3.8, 4) is 0 Å². The number of aromatic nitrogens is 1. The van der Waals surface area contributed by atoms with E-state index in [9.17, 15) is 4.79 Å². The molecule has 2 heterocycles. The van der Waals surface area contributed by atoms with Crippen LogP contribution in [0.15, 0.2) is 23.3 Å². The van der Waals surface area contributed by atoms with E-state index in [1.807, 2.05) is 13.8 Å². The number of guanidine groups is 1. The lowest BCUT2D eigenvalue weighted by molar-refractivity contribution is 0.0690. The van der Waals surface area contributed by atoms with E-state index in [0.717, 1.165) is 13.1 Å². The van der Waals surface area contributed by atoms with Crippen molar-refractivity contribution in [1.82, 2.24) is 10.3 Å². The largest absolute Gasteiger partial charge is 0.477 e. The Morgan fingerprint density at radius 1 is 1.53 bits per heavy atom. The SMILES string of the molecule is CC.O=C(O)c1cc(NC2=NCCN2)ccn1. The summed E-state index contributed by atoms with van der Waals surface area (Å²) in [6.07, 6.45) is 1.45. The first-order valence-electron chi connectivity index (χ1n) is 5.50. The van der Waals surface area contributed by atoms with Gasteiger partial charge >= 0.3 is 5.97 Å². The summed E-state index contributed by atoms with van der Waals surface area (Å²) >= 11 is 0. The molecule has 0 radical (unpaired) electrons. The molecule has 0 spiro atoms. The predicted molar refractivity (Wildman–Crippen MR) is 66.5 cm³/mol. The van der Waals surface area contributed by atoms with E-state index in [0.29, 0.717) is 11.6 Å². The number of rotatable bonds is 2. The lowest BCUT2D eigenvalue weighted by atomic mass is 10.3. The highest BCUT2D eigenvalue weighted by Crippen LogP contribution is 2.08. The van der Waals surface area contributed by atoms with Gasteiger partial charge < -0.3 is 15.7 Å². The predicted octanol–water partition coefficient (Wildman–Crippen LogP) is 1.18. The first-order chi connectivity index (χ1) is 8.25. The number of pyridine rings is 1. The molecule has 17 heavy (non-hydrogen) atoms. The van der Waals surface area contributed by atoms with E-state index in [2.05, 4.69) is 20.6 Å². The standard InChI is InChI=1S/C9H10N4O2.C2H6/c14-8(15)7-5-6(1-2-10-7)13-9-11-3-4-12-9;1-2/h1-2,5H,3-4H2,(H,14,15)(H2,10,11,12,13);1-2H3. The minimum atomic E-state index is -1.04. The van der Waals surface area contributed by atoms with Gasteiger partial charge in [0.15, 0.2) is 5.96 Å². The molecule has 0 aliphatic carbocycles. The average Bonchev–Trinajstić information content (AvgIpc) is 2.85. The number of carbonyl (C=O) groups is 1. The zero-order chi connectivity index (χ0) is 12.7. The van der Waals surface area contributed by atoms with E-state index in [4.69, 9.17) is 5.11 Å². The number of aliphatic imine (C=N–C) groups is 1. The van der Waals surface area contributed by atoms with Gasteiger partial charge in [-0.3, -0.25) is 4.99 Å². The van der Waals surface area contributed by atoms with Crippen LogP contribution in [0.3, 0.4) is 0 Å². The summed E-state index contributed by atoms with van der Waals surface area (Å²) in [5.74, 6) is -0.377. The summed E-state index contributed by atoms with van der Waals surface area (Å²) in [6.45, 7) is 5.54. The second-order valence-electron chi connectivity index (χ2n) is 3.02. The summed E-state index contributed by atoms with van der Waals surface area (Å²) in [5, 5.41) is 14.7. The molecule has 3 N–H and O–H groups in total. The quantitative estimate of drug-likeness (QED) is 0.717. The summed E-state index contributed by atoms with van der Waals surface area (Å²) in [5.41, 5.74) is 0.675. The molecule has 0 fully saturated rings. The van der Waals surface area contributed by atoms with Crippen LogP contribution in [0, 0.1) is 0 Å². The van der Waals surface area contributed by atoms with Crippen molar-refractivity contribution in [3.63, 3.8) is 0 Å². The van der Waals surface area contributed by atoms with Gasteiger partial charge in [0.05, 0.1) is 6.54 Å². The normalized spacial score (nSPS) is 12.9. The molecule has 6 heteroatoms. The van der Waals surface area contributed by atoms with E-state index < -0.39 is 5.97 Å². The number of hydrogen-bond donors (Lipinski definition) is 3. The number of carboxylic acids is 1. The first-order valence-corrected chi connectivity index (χ1v) is 5.50. The zero-order valence-electron chi connectivity index (χ0n) is 9.90. The number of carboxylic acid groups (broad SMARTS) is 1. The van der Waals surface area contributed by atoms with Crippen LogP contribution in [0.1, 0.15) is 24.3 Å². The van der Waals surface area contributed by atoms with Crippen molar-refractivity contribution in [2.45, 2.75) is 13.8 Å². The second kappa shape index (κ2) is 6.47. The van der Waals surface area contributed by atoms with Gasteiger partial charge in [-0.15, -0.1) is 0 Å². The minimum Gasteiger partial charge on any atom is -0.477 e. The smallest absolute Gasteiger partial charge is 0.354 e. The van der Waals surface area contributed by atoms with Crippen LogP contribution in [0.4, 0.5) is 5.69 Å². The highest BCUT2D eigenvalue weighted by Gasteiger charge is 2.08. The van der Waals surface area contributed by atoms with Gasteiger partial charge in [0.2, 0.25) is 0 Å². The topological polar surface area (TPSA) is 86.6 Å². The summed E-state index contributed by atoms with van der Waals surface area (Å²) in [4.78, 5) is 18.5. The monoisotopic (exact) mass is 236 g/mol. The van der Waals surface area contributed by atoms with E-state index in [-0.39, 0.29) is 5.69 Å². The molecular weight excluding hydrogens is 220 g/mol. The minimum absolute atomic E-state index is 0.0126. The molecule has 1 aliphatic heterocycles. The Morgan fingerprint density at radius 2 is 2.29 bits per heavy atom. The van der Waals surface area contributed by atoms with Crippen LogP contribution in [0.5, 0.6) is 0 Å². The van der Waals surface area contributed by atoms with Gasteiger partial charge in [-0.1, -0.05) is 13.8 Å². The third-order valence-electron chi connectivity index (χ3n) is 1.92. The lowest BCUT2D eigenvalue weighted by Crippen LogP contribution is -2.26. The van der Waals surface area contributed by atoms with Crippen LogP contribution in [0.2, 0.25) is 0 Å². The fourth-order valence-corrected chi connectivity index (χ4v) is 1.24. The number of nitrogens with one attached hydrogen (secondary N) is 2. The Kier molecular flexibility index (Phi) is 4.93. The van der Waals surface area contributed by atoms with Crippen LogP contribution in [-0.4, -0.2) is 35.1 Å². The second-order valence-corrected chi connectivity index (χ2v) is 3.02. The van der Waals surface area contributed by atoms with Crippen molar-refractivity contribution in [3.05, 3.63) is 24.0 Å². The van der Waals surface area contributed by atoms with E-state index >= 15 is 0 Å². The molecule has 0 atom stereocenters. The van der Waals surface area contributed by atoms with Gasteiger partial charge in [-0.05, 0) is 12.1 Å². The fourth-order valence-electron chi connectivity index (χ4n) is 1.24. The van der Waals surface area contributed by atoms with Crippen LogP contribution in [0.25, 0.3) is 0 Å². The number of nitrogens with zero attached hydrogens (tertiary/aromatic N) is 2. The third-order valence-corrected chi connectivity index (χ3v) is 1.92. The van der Waals surface area contributed by atoms with Crippen molar-refractivity contribution >= 4 is 17.6 Å². The Morgan fingerprint density at radius 3 is 2.88 bits per heavy atom. The molecule has 1 aromatic heterocycles. The molecular formula is C11H16N4O2. The first kappa shape index (κ1) is 13.0. The summed E-state index contributed by atoms with van der Waals surface area (Å²) < 4.78 is 0. The zero-order valence-corrected chi connectivity index (χ0v) is 9.90. The highest BCUT2D eigenvalue weighted by atomic mass is 16.4. The molecule has 1 aliphatic rings.